The van der Waals surface area contributed by atoms with Gasteiger partial charge in [-0.1, -0.05) is 0 Å². The molecule has 0 aromatic carbocycles. The van der Waals surface area contributed by atoms with E-state index in [9.17, 15) is 4.79 Å². The van der Waals surface area contributed by atoms with Crippen molar-refractivity contribution < 1.29 is 9.53 Å². The Morgan fingerprint density at radius 1 is 1.35 bits per heavy atom. The Bertz CT molecular complexity index is 246. The van der Waals surface area contributed by atoms with Crippen LogP contribution in [-0.4, -0.2) is 67.8 Å². The summed E-state index contributed by atoms with van der Waals surface area (Å²) >= 11 is 0. The number of hydrogen-bond donors (Lipinski definition) is 1. The number of nitrogens with zero attached hydrogens (tertiary/aromatic N) is 2. The molecule has 2 aliphatic rings. The molecular formula is C12H23N3O2. The van der Waals surface area contributed by atoms with Crippen LogP contribution in [0.1, 0.15) is 19.8 Å². The molecule has 0 bridgehead atoms. The Morgan fingerprint density at radius 3 is 2.71 bits per heavy atom. The summed E-state index contributed by atoms with van der Waals surface area (Å²) in [6, 6.07) is 0.660. The molecule has 0 unspecified atom stereocenters. The molecule has 5 nitrogen and oxygen atoms in total. The average molecular weight is 241 g/mol. The van der Waals surface area contributed by atoms with Crippen molar-refractivity contribution >= 4 is 6.09 Å². The number of amides is 1. The van der Waals surface area contributed by atoms with E-state index in [-0.39, 0.29) is 6.09 Å². The number of piperazine rings is 1. The second-order valence-corrected chi connectivity index (χ2v) is 4.72. The summed E-state index contributed by atoms with van der Waals surface area (Å²) < 4.78 is 5.02. The van der Waals surface area contributed by atoms with Gasteiger partial charge >= 0.3 is 6.09 Å². The molecule has 0 aliphatic carbocycles. The Kier molecular flexibility index (Phi) is 4.62. The molecule has 2 saturated heterocycles. The van der Waals surface area contributed by atoms with Crippen molar-refractivity contribution in [3.05, 3.63) is 0 Å². The van der Waals surface area contributed by atoms with Gasteiger partial charge in [-0.2, -0.15) is 0 Å². The number of hydrogen-bond acceptors (Lipinski definition) is 4. The minimum absolute atomic E-state index is 0.158. The van der Waals surface area contributed by atoms with E-state index in [0.29, 0.717) is 12.6 Å². The molecule has 2 fully saturated rings. The SMILES string of the molecule is CCOC(=O)N1CCN([C@@H]2CCCNC2)CC1. The summed E-state index contributed by atoms with van der Waals surface area (Å²) in [4.78, 5) is 15.9. The summed E-state index contributed by atoms with van der Waals surface area (Å²) in [5.74, 6) is 0. The third-order valence-corrected chi connectivity index (χ3v) is 3.63. The van der Waals surface area contributed by atoms with Crippen LogP contribution in [0.15, 0.2) is 0 Å². The lowest BCUT2D eigenvalue weighted by Gasteiger charge is -2.40. The van der Waals surface area contributed by atoms with Crippen LogP contribution in [0, 0.1) is 0 Å². The second-order valence-electron chi connectivity index (χ2n) is 4.72. The van der Waals surface area contributed by atoms with Crippen LogP contribution in [0.2, 0.25) is 0 Å². The molecule has 0 saturated carbocycles. The van der Waals surface area contributed by atoms with Crippen molar-refractivity contribution in [2.45, 2.75) is 25.8 Å². The number of rotatable bonds is 2. The second kappa shape index (κ2) is 6.21. The number of ether oxygens (including phenoxy) is 1. The van der Waals surface area contributed by atoms with Gasteiger partial charge in [-0.15, -0.1) is 0 Å². The first kappa shape index (κ1) is 12.6. The highest BCUT2D eigenvalue weighted by Gasteiger charge is 2.27. The summed E-state index contributed by atoms with van der Waals surface area (Å²) in [6.45, 7) is 8.12. The third kappa shape index (κ3) is 3.33. The van der Waals surface area contributed by atoms with Crippen molar-refractivity contribution in [3.63, 3.8) is 0 Å². The maximum atomic E-state index is 11.6. The zero-order chi connectivity index (χ0) is 12.1. The summed E-state index contributed by atoms with van der Waals surface area (Å²) in [5.41, 5.74) is 0. The van der Waals surface area contributed by atoms with Gasteiger partial charge in [0.2, 0.25) is 0 Å². The normalized spacial score (nSPS) is 26.9. The number of carbonyl (C=O) groups excluding carboxylic acids is 1. The van der Waals surface area contributed by atoms with Gasteiger partial charge in [0.15, 0.2) is 0 Å². The Labute approximate surface area is 103 Å². The fourth-order valence-corrected chi connectivity index (χ4v) is 2.63. The summed E-state index contributed by atoms with van der Waals surface area (Å²) in [6.07, 6.45) is 2.39. The molecule has 2 heterocycles. The standard InChI is InChI=1S/C12H23N3O2/c1-2-17-12(16)15-8-6-14(7-9-15)11-4-3-5-13-10-11/h11,13H,2-10H2,1H3/t11-/m1/s1. The van der Waals surface area contributed by atoms with E-state index < -0.39 is 0 Å². The van der Waals surface area contributed by atoms with E-state index in [2.05, 4.69) is 10.2 Å². The molecule has 2 aliphatic heterocycles. The van der Waals surface area contributed by atoms with Gasteiger partial charge in [0.05, 0.1) is 6.61 Å². The van der Waals surface area contributed by atoms with Crippen LogP contribution in [0.25, 0.3) is 0 Å². The molecule has 0 aromatic rings. The first-order chi connectivity index (χ1) is 8.31. The lowest BCUT2D eigenvalue weighted by Crippen LogP contribution is -2.55. The van der Waals surface area contributed by atoms with Gasteiger partial charge < -0.3 is 15.0 Å². The van der Waals surface area contributed by atoms with E-state index in [4.69, 9.17) is 4.74 Å². The number of piperidine rings is 1. The van der Waals surface area contributed by atoms with E-state index in [1.165, 1.54) is 12.8 Å². The molecular weight excluding hydrogens is 218 g/mol. The zero-order valence-corrected chi connectivity index (χ0v) is 10.7. The predicted octanol–water partition coefficient (Wildman–Crippen LogP) is 0.513. The molecule has 1 amide bonds. The van der Waals surface area contributed by atoms with Crippen LogP contribution < -0.4 is 5.32 Å². The molecule has 17 heavy (non-hydrogen) atoms. The summed E-state index contributed by atoms with van der Waals surface area (Å²) in [5, 5.41) is 3.44. The summed E-state index contributed by atoms with van der Waals surface area (Å²) in [7, 11) is 0. The number of carbonyl (C=O) groups is 1. The van der Waals surface area contributed by atoms with Gasteiger partial charge in [0.25, 0.3) is 0 Å². The van der Waals surface area contributed by atoms with Crippen LogP contribution in [0.5, 0.6) is 0 Å². The van der Waals surface area contributed by atoms with E-state index >= 15 is 0 Å². The first-order valence-electron chi connectivity index (χ1n) is 6.67. The molecule has 1 atom stereocenters. The van der Waals surface area contributed by atoms with E-state index in [1.807, 2.05) is 11.8 Å². The number of nitrogens with one attached hydrogen (secondary N) is 1. The largest absolute Gasteiger partial charge is 0.450 e. The highest BCUT2D eigenvalue weighted by molar-refractivity contribution is 5.67. The fraction of sp³-hybridized carbons (Fsp3) is 0.917. The topological polar surface area (TPSA) is 44.8 Å². The third-order valence-electron chi connectivity index (χ3n) is 3.63. The van der Waals surface area contributed by atoms with Gasteiger partial charge in [-0.05, 0) is 26.3 Å². The molecule has 0 spiro atoms. The Hall–Kier alpha value is -0.810. The molecule has 98 valence electrons. The molecule has 0 aromatic heterocycles. The maximum absolute atomic E-state index is 11.6. The van der Waals surface area contributed by atoms with Crippen LogP contribution in [0.3, 0.4) is 0 Å². The van der Waals surface area contributed by atoms with Crippen molar-refractivity contribution in [1.82, 2.24) is 15.1 Å². The fourth-order valence-electron chi connectivity index (χ4n) is 2.63. The molecule has 0 radical (unpaired) electrons. The molecule has 1 N–H and O–H groups in total. The highest BCUT2D eigenvalue weighted by Crippen LogP contribution is 2.13. The maximum Gasteiger partial charge on any atom is 0.409 e. The van der Waals surface area contributed by atoms with E-state index in [0.717, 1.165) is 39.3 Å². The molecule has 2 rings (SSSR count). The van der Waals surface area contributed by atoms with Gasteiger partial charge in [-0.25, -0.2) is 4.79 Å². The van der Waals surface area contributed by atoms with Crippen LogP contribution in [-0.2, 0) is 4.74 Å². The van der Waals surface area contributed by atoms with Gasteiger partial charge in [0.1, 0.15) is 0 Å². The van der Waals surface area contributed by atoms with Crippen molar-refractivity contribution in [3.8, 4) is 0 Å². The van der Waals surface area contributed by atoms with Crippen LogP contribution in [0.4, 0.5) is 4.79 Å². The minimum atomic E-state index is -0.158. The minimum Gasteiger partial charge on any atom is -0.450 e. The smallest absolute Gasteiger partial charge is 0.409 e. The molecule has 5 heteroatoms. The monoisotopic (exact) mass is 241 g/mol. The van der Waals surface area contributed by atoms with E-state index in [1.54, 1.807) is 0 Å². The van der Waals surface area contributed by atoms with Crippen molar-refractivity contribution in [2.24, 2.45) is 0 Å². The predicted molar refractivity (Wildman–Crippen MR) is 66.1 cm³/mol. The lowest BCUT2D eigenvalue weighted by atomic mass is 10.1. The van der Waals surface area contributed by atoms with Crippen molar-refractivity contribution in [1.29, 1.82) is 0 Å². The van der Waals surface area contributed by atoms with Crippen molar-refractivity contribution in [2.75, 3.05) is 45.9 Å². The van der Waals surface area contributed by atoms with Gasteiger partial charge in [0, 0.05) is 38.8 Å². The van der Waals surface area contributed by atoms with Crippen LogP contribution >= 0.6 is 0 Å². The first-order valence-corrected chi connectivity index (χ1v) is 6.67. The zero-order valence-electron chi connectivity index (χ0n) is 10.7. The highest BCUT2D eigenvalue weighted by atomic mass is 16.6. The quantitative estimate of drug-likeness (QED) is 0.765. The van der Waals surface area contributed by atoms with Gasteiger partial charge in [-0.3, -0.25) is 4.90 Å². The Balaban J connectivity index is 1.75. The Morgan fingerprint density at radius 2 is 2.12 bits per heavy atom. The average Bonchev–Trinajstić information content (AvgIpc) is 2.40. The lowest BCUT2D eigenvalue weighted by molar-refractivity contribution is 0.0610.